The molecule has 6 nitrogen and oxygen atoms in total. The fourth-order valence-electron chi connectivity index (χ4n) is 5.54. The minimum atomic E-state index is -1.71. The largest absolute Gasteiger partial charge is 0.364 e. The molecule has 0 bridgehead atoms. The standard InChI is InChI=1S/C33H44N6S2/c1-11-20(2)22(4)38(8)30-14-12-13-29(36-30)37-33-35-21(3)32(40-33)26-17-27-19-39(23(5)25-15-16-25)24(6)31(27)28(18-26)41(9,10)34-7/h12-14,17-18,20,23,25,34H,4,6,9-11,15-16,19H2,1-3,5,7-8H3,(H,35,36,37)/t20-,23?/m0/s1. The maximum atomic E-state index is 4.90. The van der Waals surface area contributed by atoms with Crippen molar-refractivity contribution < 1.29 is 0 Å². The molecule has 41 heavy (non-hydrogen) atoms. The maximum Gasteiger partial charge on any atom is 0.189 e. The molecule has 5 rings (SSSR count). The zero-order valence-corrected chi connectivity index (χ0v) is 27.0. The Kier molecular flexibility index (Phi) is 8.12. The van der Waals surface area contributed by atoms with Crippen LogP contribution in [-0.4, -0.2) is 46.7 Å². The molecule has 1 aliphatic carbocycles. The van der Waals surface area contributed by atoms with E-state index in [1.807, 2.05) is 32.3 Å². The highest BCUT2D eigenvalue weighted by atomic mass is 32.2. The molecule has 1 unspecified atom stereocenters. The van der Waals surface area contributed by atoms with E-state index in [9.17, 15) is 0 Å². The number of allylic oxidation sites excluding steroid dienone is 1. The third-order valence-electron chi connectivity index (χ3n) is 8.75. The van der Waals surface area contributed by atoms with Crippen LogP contribution in [0.25, 0.3) is 16.1 Å². The first-order chi connectivity index (χ1) is 19.4. The minimum absolute atomic E-state index is 0.390. The van der Waals surface area contributed by atoms with Crippen molar-refractivity contribution >= 4 is 54.9 Å². The van der Waals surface area contributed by atoms with Gasteiger partial charge in [0.15, 0.2) is 5.13 Å². The predicted octanol–water partition coefficient (Wildman–Crippen LogP) is 8.00. The van der Waals surface area contributed by atoms with Gasteiger partial charge in [0, 0.05) is 41.5 Å². The van der Waals surface area contributed by atoms with Crippen LogP contribution in [0.5, 0.6) is 0 Å². The summed E-state index contributed by atoms with van der Waals surface area (Å²) in [7, 11) is 2.26. The van der Waals surface area contributed by atoms with Crippen LogP contribution < -0.4 is 14.9 Å². The van der Waals surface area contributed by atoms with Crippen molar-refractivity contribution in [2.45, 2.75) is 64.4 Å². The lowest BCUT2D eigenvalue weighted by molar-refractivity contribution is 0.290. The zero-order valence-electron chi connectivity index (χ0n) is 25.4. The van der Waals surface area contributed by atoms with Gasteiger partial charge in [-0.05, 0) is 87.4 Å². The summed E-state index contributed by atoms with van der Waals surface area (Å²) < 4.78 is 3.41. The van der Waals surface area contributed by atoms with Crippen LogP contribution in [0.1, 0.15) is 56.9 Å². The molecule has 0 saturated heterocycles. The van der Waals surface area contributed by atoms with Crippen molar-refractivity contribution in [1.82, 2.24) is 19.6 Å². The number of thiazole rings is 1. The average Bonchev–Trinajstić information content (AvgIpc) is 3.68. The molecule has 0 radical (unpaired) electrons. The summed E-state index contributed by atoms with van der Waals surface area (Å²) in [6.07, 6.45) is 3.66. The molecule has 3 aromatic rings. The van der Waals surface area contributed by atoms with Crippen molar-refractivity contribution in [3.05, 3.63) is 66.0 Å². The minimum Gasteiger partial charge on any atom is -0.364 e. The number of nitrogens with one attached hydrogen (secondary N) is 2. The second-order valence-electron chi connectivity index (χ2n) is 11.5. The van der Waals surface area contributed by atoms with Gasteiger partial charge in [0.1, 0.15) is 11.6 Å². The van der Waals surface area contributed by atoms with E-state index in [2.05, 4.69) is 84.6 Å². The van der Waals surface area contributed by atoms with E-state index in [-0.39, 0.29) is 0 Å². The Balaban J connectivity index is 1.47. The van der Waals surface area contributed by atoms with Crippen LogP contribution in [0.2, 0.25) is 0 Å². The van der Waals surface area contributed by atoms with Crippen molar-refractivity contribution in [3.63, 3.8) is 0 Å². The van der Waals surface area contributed by atoms with E-state index in [1.165, 1.54) is 24.0 Å². The topological polar surface area (TPSA) is 56.3 Å². The summed E-state index contributed by atoms with van der Waals surface area (Å²) in [5.41, 5.74) is 6.83. The number of aryl methyl sites for hydroxylation is 1. The molecule has 2 aliphatic rings. The summed E-state index contributed by atoms with van der Waals surface area (Å²) in [6.45, 7) is 18.5. The predicted molar refractivity (Wildman–Crippen MR) is 183 cm³/mol. The van der Waals surface area contributed by atoms with Gasteiger partial charge in [0.25, 0.3) is 0 Å². The summed E-state index contributed by atoms with van der Waals surface area (Å²) in [4.78, 5) is 16.6. The number of hydrogen-bond donors (Lipinski definition) is 2. The Bertz CT molecular complexity index is 1600. The maximum absolute atomic E-state index is 4.90. The fourth-order valence-corrected chi connectivity index (χ4v) is 7.71. The molecule has 218 valence electrons. The van der Waals surface area contributed by atoms with Gasteiger partial charge in [-0.25, -0.2) is 9.97 Å². The van der Waals surface area contributed by atoms with Crippen molar-refractivity contribution in [2.24, 2.45) is 11.8 Å². The van der Waals surface area contributed by atoms with Gasteiger partial charge in [-0.1, -0.05) is 56.1 Å². The monoisotopic (exact) mass is 588 g/mol. The summed E-state index contributed by atoms with van der Waals surface area (Å²) in [6, 6.07) is 11.1. The Morgan fingerprint density at radius 2 is 1.95 bits per heavy atom. The second-order valence-corrected chi connectivity index (χ2v) is 15.2. The van der Waals surface area contributed by atoms with Crippen LogP contribution in [0.4, 0.5) is 16.8 Å². The lowest BCUT2D eigenvalue weighted by Gasteiger charge is -2.28. The Labute approximate surface area is 250 Å². The fraction of sp³-hybridized carbons (Fsp3) is 0.394. The van der Waals surface area contributed by atoms with Gasteiger partial charge < -0.3 is 15.1 Å². The number of benzene rings is 1. The molecule has 0 spiro atoms. The quantitative estimate of drug-likeness (QED) is 0.221. The van der Waals surface area contributed by atoms with Gasteiger partial charge in [-0.15, -0.1) is 9.39 Å². The van der Waals surface area contributed by atoms with E-state index >= 15 is 0 Å². The van der Waals surface area contributed by atoms with Crippen LogP contribution >= 0.6 is 20.7 Å². The molecule has 2 aromatic heterocycles. The molecule has 8 heteroatoms. The lowest BCUT2D eigenvalue weighted by Crippen LogP contribution is -2.28. The van der Waals surface area contributed by atoms with E-state index in [0.717, 1.165) is 68.1 Å². The van der Waals surface area contributed by atoms with Gasteiger partial charge in [-0.3, -0.25) is 4.72 Å². The molecular weight excluding hydrogens is 545 g/mol. The van der Waals surface area contributed by atoms with Crippen LogP contribution in [0.15, 0.2) is 54.1 Å². The number of anilines is 3. The molecule has 2 N–H and O–H groups in total. The van der Waals surface area contributed by atoms with Crippen LogP contribution in [-0.2, 0) is 6.54 Å². The number of fused-ring (bicyclic) bond motifs is 1. The summed E-state index contributed by atoms with van der Waals surface area (Å²) in [5.74, 6) is 11.8. The highest BCUT2D eigenvalue weighted by Gasteiger charge is 2.37. The van der Waals surface area contributed by atoms with Gasteiger partial charge >= 0.3 is 0 Å². The van der Waals surface area contributed by atoms with E-state index in [4.69, 9.17) is 9.97 Å². The van der Waals surface area contributed by atoms with Crippen molar-refractivity contribution in [3.8, 4) is 10.4 Å². The number of hydrogen-bond acceptors (Lipinski definition) is 7. The highest BCUT2D eigenvalue weighted by molar-refractivity contribution is 8.26. The van der Waals surface area contributed by atoms with Crippen LogP contribution in [0.3, 0.4) is 0 Å². The summed E-state index contributed by atoms with van der Waals surface area (Å²) >= 11 is 1.65. The average molecular weight is 589 g/mol. The third-order valence-corrected chi connectivity index (χ3v) is 11.8. The third kappa shape index (κ3) is 5.70. The summed E-state index contributed by atoms with van der Waals surface area (Å²) in [5, 5.41) is 4.27. The van der Waals surface area contributed by atoms with E-state index in [1.54, 1.807) is 11.3 Å². The molecule has 1 aromatic carbocycles. The van der Waals surface area contributed by atoms with Crippen molar-refractivity contribution in [1.29, 1.82) is 0 Å². The second kappa shape index (κ2) is 11.3. The molecule has 1 aliphatic heterocycles. The molecule has 1 fully saturated rings. The number of aromatic nitrogens is 2. The Morgan fingerprint density at radius 1 is 1.22 bits per heavy atom. The van der Waals surface area contributed by atoms with Gasteiger partial charge in [0.2, 0.25) is 0 Å². The van der Waals surface area contributed by atoms with Crippen molar-refractivity contribution in [2.75, 3.05) is 24.3 Å². The molecular formula is C33H44N6S2. The Hall–Kier alpha value is -3.07. The smallest absolute Gasteiger partial charge is 0.189 e. The first-order valence-corrected chi connectivity index (χ1v) is 17.2. The SMILES string of the molecule is C=C([C@@H](C)CC)N(C)c1cccc(Nc2nc(C)c(-c3cc4c(c(S(=C)(=C)NC)c3)C(=C)N(C(C)C3CC3)C4)s2)n1. The normalized spacial score (nSPS) is 16.4. The molecule has 2 atom stereocenters. The highest BCUT2D eigenvalue weighted by Crippen LogP contribution is 2.48. The number of pyridine rings is 1. The first-order valence-electron chi connectivity index (χ1n) is 14.4. The first kappa shape index (κ1) is 29.4. The van der Waals surface area contributed by atoms with E-state index < -0.39 is 9.39 Å². The Morgan fingerprint density at radius 3 is 2.61 bits per heavy atom. The molecule has 3 heterocycles. The molecule has 0 amide bonds. The number of rotatable bonds is 11. The number of nitrogens with zero attached hydrogens (tertiary/aromatic N) is 4. The van der Waals surface area contributed by atoms with Gasteiger partial charge in [-0.2, -0.15) is 0 Å². The van der Waals surface area contributed by atoms with Gasteiger partial charge in [0.05, 0.1) is 10.6 Å². The lowest BCUT2D eigenvalue weighted by atomic mass is 10.0. The zero-order chi connectivity index (χ0) is 29.6. The molecule has 1 saturated carbocycles. The van der Waals surface area contributed by atoms with Crippen LogP contribution in [0, 0.1) is 18.8 Å². The van der Waals surface area contributed by atoms with E-state index in [0.29, 0.717) is 12.0 Å².